The molecule has 0 aliphatic carbocycles. The van der Waals surface area contributed by atoms with Crippen LogP contribution in [0.2, 0.25) is 0 Å². The van der Waals surface area contributed by atoms with Gasteiger partial charge in [0.05, 0.1) is 6.54 Å². The van der Waals surface area contributed by atoms with Crippen molar-refractivity contribution in [2.75, 3.05) is 0 Å². The number of H-pyrrole nitrogens is 1. The van der Waals surface area contributed by atoms with Crippen molar-refractivity contribution in [2.24, 2.45) is 0 Å². The minimum absolute atomic E-state index is 0.0687. The molecule has 2 heterocycles. The van der Waals surface area contributed by atoms with Crippen LogP contribution in [0.15, 0.2) is 17.6 Å². The van der Waals surface area contributed by atoms with Crippen LogP contribution in [0.4, 0.5) is 0 Å². The van der Waals surface area contributed by atoms with Gasteiger partial charge in [-0.15, -0.1) is 11.3 Å². The maximum atomic E-state index is 11.8. The lowest BCUT2D eigenvalue weighted by molar-refractivity contribution is 0.0946. The van der Waals surface area contributed by atoms with Gasteiger partial charge in [-0.3, -0.25) is 9.59 Å². The Balaban J connectivity index is 1.97. The summed E-state index contributed by atoms with van der Waals surface area (Å²) in [4.78, 5) is 29.9. The molecule has 2 aromatic heterocycles. The molecule has 0 radical (unpaired) electrons. The van der Waals surface area contributed by atoms with Crippen LogP contribution in [-0.4, -0.2) is 21.7 Å². The zero-order chi connectivity index (χ0) is 13.1. The molecular weight excluding hydrogens is 250 g/mol. The molecule has 6 heteroatoms. The second-order valence-electron chi connectivity index (χ2n) is 3.92. The van der Waals surface area contributed by atoms with Crippen molar-refractivity contribution in [3.63, 3.8) is 0 Å². The van der Waals surface area contributed by atoms with Gasteiger partial charge in [0.15, 0.2) is 5.78 Å². The van der Waals surface area contributed by atoms with E-state index in [-0.39, 0.29) is 11.7 Å². The van der Waals surface area contributed by atoms with Gasteiger partial charge in [0.2, 0.25) is 0 Å². The number of nitrogens with zero attached hydrogens (tertiary/aromatic N) is 1. The number of rotatable bonds is 4. The zero-order valence-electron chi connectivity index (χ0n) is 10.1. The van der Waals surface area contributed by atoms with E-state index in [1.165, 1.54) is 24.5 Å². The predicted molar refractivity (Wildman–Crippen MR) is 68.8 cm³/mol. The van der Waals surface area contributed by atoms with Gasteiger partial charge in [-0.05, 0) is 19.9 Å². The number of hydrogen-bond acceptors (Lipinski definition) is 4. The van der Waals surface area contributed by atoms with Gasteiger partial charge in [-0.2, -0.15) is 0 Å². The summed E-state index contributed by atoms with van der Waals surface area (Å²) in [6, 6.07) is 1.55. The van der Waals surface area contributed by atoms with Crippen LogP contribution in [0.3, 0.4) is 0 Å². The summed E-state index contributed by atoms with van der Waals surface area (Å²) in [6.07, 6.45) is 1.53. The van der Waals surface area contributed by atoms with Crippen molar-refractivity contribution >= 4 is 23.0 Å². The van der Waals surface area contributed by atoms with E-state index in [4.69, 9.17) is 0 Å². The molecule has 2 aromatic rings. The zero-order valence-corrected chi connectivity index (χ0v) is 10.9. The number of ketones is 1. The van der Waals surface area contributed by atoms with E-state index in [2.05, 4.69) is 15.3 Å². The number of amides is 1. The summed E-state index contributed by atoms with van der Waals surface area (Å²) in [5.74, 6) is -0.309. The van der Waals surface area contributed by atoms with Crippen molar-refractivity contribution < 1.29 is 9.59 Å². The number of aromatic amines is 1. The van der Waals surface area contributed by atoms with Gasteiger partial charge < -0.3 is 10.3 Å². The van der Waals surface area contributed by atoms with Crippen molar-refractivity contribution in [3.05, 3.63) is 39.6 Å². The van der Waals surface area contributed by atoms with Gasteiger partial charge in [-0.1, -0.05) is 0 Å². The Kier molecular flexibility index (Phi) is 3.57. The van der Waals surface area contributed by atoms with Crippen molar-refractivity contribution in [3.8, 4) is 0 Å². The number of thiazole rings is 1. The van der Waals surface area contributed by atoms with Crippen molar-refractivity contribution in [1.82, 2.24) is 15.3 Å². The van der Waals surface area contributed by atoms with E-state index >= 15 is 0 Å². The maximum Gasteiger partial charge on any atom is 0.268 e. The van der Waals surface area contributed by atoms with Crippen LogP contribution in [-0.2, 0) is 6.54 Å². The SMILES string of the molecule is CC(=O)c1c[nH]c(C(=O)NCc2nc(C)cs2)c1. The highest BCUT2D eigenvalue weighted by Crippen LogP contribution is 2.09. The average Bonchev–Trinajstić information content (AvgIpc) is 2.94. The molecule has 0 spiro atoms. The average molecular weight is 263 g/mol. The summed E-state index contributed by atoms with van der Waals surface area (Å²) in [6.45, 7) is 3.76. The number of aromatic nitrogens is 2. The maximum absolute atomic E-state index is 11.8. The lowest BCUT2D eigenvalue weighted by atomic mass is 10.2. The summed E-state index contributed by atoms with van der Waals surface area (Å²) >= 11 is 1.51. The van der Waals surface area contributed by atoms with Crippen LogP contribution < -0.4 is 5.32 Å². The van der Waals surface area contributed by atoms with Gasteiger partial charge in [0.25, 0.3) is 5.91 Å². The second-order valence-corrected chi connectivity index (χ2v) is 4.87. The Morgan fingerprint density at radius 2 is 2.28 bits per heavy atom. The Labute approximate surface area is 108 Å². The minimum Gasteiger partial charge on any atom is -0.356 e. The molecule has 1 amide bonds. The van der Waals surface area contributed by atoms with Crippen molar-refractivity contribution in [2.45, 2.75) is 20.4 Å². The molecule has 0 fully saturated rings. The van der Waals surface area contributed by atoms with E-state index in [0.717, 1.165) is 10.7 Å². The van der Waals surface area contributed by atoms with Crippen LogP contribution >= 0.6 is 11.3 Å². The highest BCUT2D eigenvalue weighted by molar-refractivity contribution is 7.09. The van der Waals surface area contributed by atoms with Gasteiger partial charge in [0.1, 0.15) is 10.7 Å². The molecule has 0 aliphatic heterocycles. The first-order chi connectivity index (χ1) is 8.56. The van der Waals surface area contributed by atoms with Crippen LogP contribution in [0.5, 0.6) is 0 Å². The molecule has 2 rings (SSSR count). The lowest BCUT2D eigenvalue weighted by Crippen LogP contribution is -2.23. The fourth-order valence-corrected chi connectivity index (χ4v) is 2.18. The first kappa shape index (κ1) is 12.5. The lowest BCUT2D eigenvalue weighted by Gasteiger charge is -2.00. The number of hydrogen-bond donors (Lipinski definition) is 2. The minimum atomic E-state index is -0.240. The third-order valence-corrected chi connectivity index (χ3v) is 3.37. The quantitative estimate of drug-likeness (QED) is 0.827. The normalized spacial score (nSPS) is 10.3. The van der Waals surface area contributed by atoms with E-state index in [9.17, 15) is 9.59 Å². The Hall–Kier alpha value is -1.95. The monoisotopic (exact) mass is 263 g/mol. The largest absolute Gasteiger partial charge is 0.356 e. The number of aryl methyl sites for hydroxylation is 1. The van der Waals surface area contributed by atoms with Gasteiger partial charge in [-0.25, -0.2) is 4.98 Å². The molecule has 0 saturated heterocycles. The molecule has 0 aromatic carbocycles. The Morgan fingerprint density at radius 3 is 2.83 bits per heavy atom. The van der Waals surface area contributed by atoms with E-state index < -0.39 is 0 Å². The molecular formula is C12H13N3O2S. The van der Waals surface area contributed by atoms with E-state index in [0.29, 0.717) is 17.8 Å². The topological polar surface area (TPSA) is 74.8 Å². The van der Waals surface area contributed by atoms with Gasteiger partial charge >= 0.3 is 0 Å². The third kappa shape index (κ3) is 2.84. The summed E-state index contributed by atoms with van der Waals surface area (Å²) in [7, 11) is 0. The summed E-state index contributed by atoms with van der Waals surface area (Å²) in [5.41, 5.74) is 1.83. The van der Waals surface area contributed by atoms with Crippen LogP contribution in [0.25, 0.3) is 0 Å². The molecule has 0 saturated carbocycles. The van der Waals surface area contributed by atoms with E-state index in [1.807, 2.05) is 12.3 Å². The first-order valence-electron chi connectivity index (χ1n) is 5.45. The fraction of sp³-hybridized carbons (Fsp3) is 0.250. The molecule has 18 heavy (non-hydrogen) atoms. The Morgan fingerprint density at radius 1 is 1.50 bits per heavy atom. The molecule has 0 unspecified atom stereocenters. The fourth-order valence-electron chi connectivity index (χ4n) is 1.46. The summed E-state index contributed by atoms with van der Waals surface area (Å²) < 4.78 is 0. The second kappa shape index (κ2) is 5.14. The first-order valence-corrected chi connectivity index (χ1v) is 6.33. The Bertz CT molecular complexity index is 586. The third-order valence-electron chi connectivity index (χ3n) is 2.40. The molecule has 2 N–H and O–H groups in total. The number of nitrogens with one attached hydrogen (secondary N) is 2. The van der Waals surface area contributed by atoms with Crippen LogP contribution in [0, 0.1) is 6.92 Å². The smallest absolute Gasteiger partial charge is 0.268 e. The molecule has 0 aliphatic rings. The van der Waals surface area contributed by atoms with Crippen LogP contribution in [0.1, 0.15) is 38.5 Å². The molecule has 0 bridgehead atoms. The molecule has 94 valence electrons. The molecule has 0 atom stereocenters. The summed E-state index contributed by atoms with van der Waals surface area (Å²) in [5, 5.41) is 5.54. The van der Waals surface area contributed by atoms with E-state index in [1.54, 1.807) is 6.07 Å². The highest BCUT2D eigenvalue weighted by atomic mass is 32.1. The highest BCUT2D eigenvalue weighted by Gasteiger charge is 2.10. The number of Topliss-reactive ketones (excluding diaryl/α,β-unsaturated/α-hetero) is 1. The molecule has 5 nitrogen and oxygen atoms in total. The standard InChI is InChI=1S/C12H13N3O2S/c1-7-6-18-11(15-7)5-14-12(17)10-3-9(4-13-10)8(2)16/h3-4,6,13H,5H2,1-2H3,(H,14,17). The van der Waals surface area contributed by atoms with Crippen molar-refractivity contribution in [1.29, 1.82) is 0 Å². The predicted octanol–water partition coefficient (Wildman–Crippen LogP) is 1.91. The van der Waals surface area contributed by atoms with Gasteiger partial charge in [0, 0.05) is 22.8 Å². The number of carbonyl (C=O) groups excluding carboxylic acids is 2. The number of carbonyl (C=O) groups is 2.